The predicted octanol–water partition coefficient (Wildman–Crippen LogP) is 5.23. The molecule has 3 atom stereocenters. The van der Waals surface area contributed by atoms with Gasteiger partial charge in [-0.15, -0.1) is 5.10 Å². The standard InChI is InChI=1S/C29H30ClF2N5O3/c1-16-10-17(2)37-27(34-16)35-24(36-37)13-20-23(38)14-29(40-26(20)39,19-6-4-5-7-19)9-8-18-11-21(31)25(22(32)12-18)28(3,30)15-33/h10-12,19-20H,4-9,13-14H2,1-3H3. The first-order valence-corrected chi connectivity index (χ1v) is 13.8. The highest BCUT2D eigenvalue weighted by Gasteiger charge is 2.51. The Bertz CT molecular complexity index is 1500. The molecule has 1 aromatic carbocycles. The molecule has 5 rings (SSSR count). The number of alkyl halides is 1. The first kappa shape index (κ1) is 28.1. The summed E-state index contributed by atoms with van der Waals surface area (Å²) >= 11 is 6.01. The first-order valence-electron chi connectivity index (χ1n) is 13.5. The summed E-state index contributed by atoms with van der Waals surface area (Å²) in [6.45, 7) is 4.96. The second-order valence-electron chi connectivity index (χ2n) is 11.2. The maximum absolute atomic E-state index is 14.8. The molecule has 2 fully saturated rings. The molecule has 1 aliphatic carbocycles. The van der Waals surface area contributed by atoms with Crippen LogP contribution in [0.15, 0.2) is 18.2 Å². The van der Waals surface area contributed by atoms with Crippen molar-refractivity contribution >= 4 is 29.1 Å². The third-order valence-corrected chi connectivity index (χ3v) is 8.49. The second kappa shape index (κ2) is 10.5. The van der Waals surface area contributed by atoms with Gasteiger partial charge in [0.2, 0.25) is 0 Å². The number of nitriles is 1. The van der Waals surface area contributed by atoms with E-state index in [4.69, 9.17) is 16.3 Å². The average molecular weight is 570 g/mol. The van der Waals surface area contributed by atoms with E-state index in [0.29, 0.717) is 17.2 Å². The fraction of sp³-hybridized carbons (Fsp3) is 0.517. The highest BCUT2D eigenvalue weighted by atomic mass is 35.5. The van der Waals surface area contributed by atoms with Crippen LogP contribution >= 0.6 is 11.6 Å². The molecule has 11 heteroatoms. The van der Waals surface area contributed by atoms with Gasteiger partial charge < -0.3 is 4.74 Å². The minimum Gasteiger partial charge on any atom is -0.458 e. The van der Waals surface area contributed by atoms with Gasteiger partial charge in [-0.25, -0.2) is 18.3 Å². The van der Waals surface area contributed by atoms with E-state index >= 15 is 0 Å². The number of aryl methyl sites for hydroxylation is 3. The Kier molecular flexibility index (Phi) is 7.38. The Hall–Kier alpha value is -3.45. The van der Waals surface area contributed by atoms with E-state index in [1.54, 1.807) is 10.6 Å². The highest BCUT2D eigenvalue weighted by molar-refractivity contribution is 6.25. The predicted molar refractivity (Wildman–Crippen MR) is 141 cm³/mol. The van der Waals surface area contributed by atoms with Crippen LogP contribution in [0.1, 0.15) is 73.8 Å². The number of ether oxygens (including phenoxy) is 1. The van der Waals surface area contributed by atoms with Crippen molar-refractivity contribution in [1.82, 2.24) is 19.6 Å². The smallest absolute Gasteiger partial charge is 0.317 e. The molecule has 1 saturated heterocycles. The van der Waals surface area contributed by atoms with Gasteiger partial charge in [-0.2, -0.15) is 10.2 Å². The number of cyclic esters (lactones) is 1. The van der Waals surface area contributed by atoms with Crippen molar-refractivity contribution in [1.29, 1.82) is 5.26 Å². The number of benzene rings is 1. The van der Waals surface area contributed by atoms with Gasteiger partial charge in [0.25, 0.3) is 5.78 Å². The van der Waals surface area contributed by atoms with Crippen molar-refractivity contribution in [2.45, 2.75) is 82.6 Å². The number of hydrogen-bond donors (Lipinski definition) is 0. The van der Waals surface area contributed by atoms with E-state index in [-0.39, 0.29) is 37.4 Å². The van der Waals surface area contributed by atoms with Gasteiger partial charge in [0.15, 0.2) is 16.5 Å². The number of esters is 1. The normalized spacial score (nSPS) is 23.3. The minimum absolute atomic E-state index is 0.00817. The number of ketones is 1. The molecule has 40 heavy (non-hydrogen) atoms. The molecule has 0 radical (unpaired) electrons. The molecule has 0 bridgehead atoms. The molecule has 2 aromatic heterocycles. The SMILES string of the molecule is Cc1cc(C)n2nc(CC3C(=O)CC(CCc4cc(F)c(C(C)(Cl)C#N)c(F)c4)(C4CCCC4)OC3=O)nc2n1. The fourth-order valence-corrected chi connectivity index (χ4v) is 6.37. The van der Waals surface area contributed by atoms with E-state index in [1.807, 2.05) is 19.9 Å². The zero-order chi connectivity index (χ0) is 28.8. The molecule has 1 aliphatic heterocycles. The van der Waals surface area contributed by atoms with Gasteiger partial charge in [-0.3, -0.25) is 9.59 Å². The number of hydrogen-bond acceptors (Lipinski definition) is 7. The van der Waals surface area contributed by atoms with Crippen LogP contribution in [-0.2, 0) is 32.0 Å². The number of Topliss-reactive ketones (excluding diaryl/α,β-unsaturated/α-hetero) is 1. The number of aromatic nitrogens is 4. The third-order valence-electron chi connectivity index (χ3n) is 8.22. The van der Waals surface area contributed by atoms with Crippen LogP contribution in [0.3, 0.4) is 0 Å². The van der Waals surface area contributed by atoms with Crippen molar-refractivity contribution in [3.63, 3.8) is 0 Å². The lowest BCUT2D eigenvalue weighted by molar-refractivity contribution is -0.185. The van der Waals surface area contributed by atoms with Gasteiger partial charge in [0, 0.05) is 24.2 Å². The lowest BCUT2D eigenvalue weighted by atomic mass is 9.73. The lowest BCUT2D eigenvalue weighted by Crippen LogP contribution is -2.52. The Morgan fingerprint density at radius 3 is 2.48 bits per heavy atom. The van der Waals surface area contributed by atoms with E-state index in [2.05, 4.69) is 15.1 Å². The Balaban J connectivity index is 1.37. The summed E-state index contributed by atoms with van der Waals surface area (Å²) in [7, 11) is 0. The minimum atomic E-state index is -1.85. The molecule has 0 amide bonds. The summed E-state index contributed by atoms with van der Waals surface area (Å²) in [5, 5.41) is 13.6. The fourth-order valence-electron chi connectivity index (χ4n) is 6.18. The van der Waals surface area contributed by atoms with Crippen LogP contribution in [0.2, 0.25) is 0 Å². The zero-order valence-corrected chi connectivity index (χ0v) is 23.4. The largest absolute Gasteiger partial charge is 0.458 e. The first-order chi connectivity index (χ1) is 18.9. The van der Waals surface area contributed by atoms with Crippen molar-refractivity contribution in [3.05, 3.63) is 58.2 Å². The summed E-state index contributed by atoms with van der Waals surface area (Å²) in [5.74, 6) is -3.02. The molecule has 3 unspecified atom stereocenters. The van der Waals surface area contributed by atoms with Crippen LogP contribution in [0.25, 0.3) is 5.78 Å². The monoisotopic (exact) mass is 569 g/mol. The maximum atomic E-state index is 14.8. The molecular formula is C29H30ClF2N5O3. The van der Waals surface area contributed by atoms with E-state index < -0.39 is 39.6 Å². The Labute approximate surface area is 235 Å². The second-order valence-corrected chi connectivity index (χ2v) is 12.0. The van der Waals surface area contributed by atoms with Crippen LogP contribution in [-0.4, -0.2) is 36.9 Å². The van der Waals surface area contributed by atoms with Crippen molar-refractivity contribution in [2.24, 2.45) is 11.8 Å². The number of halogens is 3. The summed E-state index contributed by atoms with van der Waals surface area (Å²) in [6, 6.07) is 5.88. The molecule has 1 saturated carbocycles. The van der Waals surface area contributed by atoms with Gasteiger partial charge in [0.1, 0.15) is 23.2 Å². The Morgan fingerprint density at radius 2 is 1.85 bits per heavy atom. The quantitative estimate of drug-likeness (QED) is 0.217. The van der Waals surface area contributed by atoms with Gasteiger partial charge >= 0.3 is 5.97 Å². The summed E-state index contributed by atoms with van der Waals surface area (Å²) in [4.78, 5) is 33.8. The summed E-state index contributed by atoms with van der Waals surface area (Å²) < 4.78 is 37.4. The molecule has 0 N–H and O–H groups in total. The molecular weight excluding hydrogens is 540 g/mol. The van der Waals surface area contributed by atoms with Crippen LogP contribution in [0.5, 0.6) is 0 Å². The lowest BCUT2D eigenvalue weighted by Gasteiger charge is -2.43. The average Bonchev–Trinajstić information content (AvgIpc) is 3.55. The topological polar surface area (TPSA) is 110 Å². The molecule has 210 valence electrons. The van der Waals surface area contributed by atoms with E-state index in [9.17, 15) is 23.6 Å². The zero-order valence-electron chi connectivity index (χ0n) is 22.6. The number of rotatable bonds is 7. The number of carbonyl (C=O) groups is 2. The third kappa shape index (κ3) is 5.19. The molecule has 8 nitrogen and oxygen atoms in total. The Morgan fingerprint density at radius 1 is 1.18 bits per heavy atom. The van der Waals surface area contributed by atoms with Crippen LogP contribution in [0, 0.1) is 48.6 Å². The van der Waals surface area contributed by atoms with Crippen LogP contribution in [0.4, 0.5) is 8.78 Å². The molecule has 2 aliphatic rings. The summed E-state index contributed by atoms with van der Waals surface area (Å²) in [6.07, 6.45) is 3.97. The van der Waals surface area contributed by atoms with Crippen molar-refractivity contribution in [2.75, 3.05) is 0 Å². The summed E-state index contributed by atoms with van der Waals surface area (Å²) in [5.41, 5.74) is 0.397. The number of nitrogens with zero attached hydrogens (tertiary/aromatic N) is 5. The van der Waals surface area contributed by atoms with E-state index in [1.165, 1.54) is 6.92 Å². The van der Waals surface area contributed by atoms with Crippen LogP contribution < -0.4 is 0 Å². The van der Waals surface area contributed by atoms with Crippen molar-refractivity contribution < 1.29 is 23.1 Å². The van der Waals surface area contributed by atoms with Gasteiger partial charge in [-0.05, 0) is 76.1 Å². The molecule has 3 heterocycles. The maximum Gasteiger partial charge on any atom is 0.317 e. The molecule has 3 aromatic rings. The highest BCUT2D eigenvalue weighted by Crippen LogP contribution is 2.45. The van der Waals surface area contributed by atoms with E-state index in [0.717, 1.165) is 49.2 Å². The molecule has 0 spiro atoms. The van der Waals surface area contributed by atoms with Crippen molar-refractivity contribution in [3.8, 4) is 6.07 Å². The van der Waals surface area contributed by atoms with Gasteiger partial charge in [0.05, 0.1) is 11.6 Å². The van der Waals surface area contributed by atoms with Gasteiger partial charge in [-0.1, -0.05) is 24.4 Å². The number of fused-ring (bicyclic) bond motifs is 1. The number of carbonyl (C=O) groups excluding carboxylic acids is 2.